The third-order valence-corrected chi connectivity index (χ3v) is 4.47. The van der Waals surface area contributed by atoms with Crippen LogP contribution in [-0.2, 0) is 13.7 Å². The first kappa shape index (κ1) is 26.8. The number of aromatic nitrogens is 2. The van der Waals surface area contributed by atoms with Crippen LogP contribution in [0, 0.1) is 56.4 Å². The van der Waals surface area contributed by atoms with Gasteiger partial charge in [0.05, 0.1) is 16.0 Å². The number of pyridine rings is 2. The van der Waals surface area contributed by atoms with E-state index in [1.165, 1.54) is 41.7 Å². The maximum Gasteiger partial charge on any atom is 0.426 e. The molecule has 1 aliphatic heterocycles. The minimum Gasteiger partial charge on any atom is -0.453 e. The fourth-order valence-corrected chi connectivity index (χ4v) is 2.46. The minimum absolute atomic E-state index is 0.135. The van der Waals surface area contributed by atoms with Crippen LogP contribution in [0.25, 0.3) is 0 Å². The van der Waals surface area contributed by atoms with Gasteiger partial charge in [0.15, 0.2) is 28.8 Å². The molecule has 7 nitrogen and oxygen atoms in total. The summed E-state index contributed by atoms with van der Waals surface area (Å²) in [5, 5.41) is 16.5. The molecular weight excluding hydrogens is 532 g/mol. The van der Waals surface area contributed by atoms with Crippen molar-refractivity contribution in [2.24, 2.45) is 0 Å². The van der Waals surface area contributed by atoms with Gasteiger partial charge >= 0.3 is 21.4 Å². The molecule has 0 radical (unpaired) electrons. The SMILES string of the molecule is CB1OB(C)OB(C)O1.Cc1c(F)cnc(C#N)c1F.N#Cc1ncc(F)c(I)c1F. The zero-order valence-corrected chi connectivity index (χ0v) is 18.9. The van der Waals surface area contributed by atoms with Crippen LogP contribution in [-0.4, -0.2) is 31.3 Å². The van der Waals surface area contributed by atoms with Gasteiger partial charge in [-0.05, 0) is 50.0 Å². The van der Waals surface area contributed by atoms with Crippen molar-refractivity contribution >= 4 is 43.9 Å². The fraction of sp³-hybridized carbons (Fsp3) is 0.250. The van der Waals surface area contributed by atoms with Crippen LogP contribution in [0.15, 0.2) is 12.4 Å². The van der Waals surface area contributed by atoms with Gasteiger partial charge in [-0.3, -0.25) is 0 Å². The summed E-state index contributed by atoms with van der Waals surface area (Å²) >= 11 is 1.48. The minimum atomic E-state index is -0.895. The van der Waals surface area contributed by atoms with Crippen LogP contribution in [0.4, 0.5) is 17.6 Å². The summed E-state index contributed by atoms with van der Waals surface area (Å²) in [6.07, 6.45) is 1.65. The average molecular weight is 546 g/mol. The second-order valence-electron chi connectivity index (χ2n) is 5.81. The highest BCUT2D eigenvalue weighted by atomic mass is 127. The van der Waals surface area contributed by atoms with Crippen molar-refractivity contribution in [3.63, 3.8) is 0 Å². The monoisotopic (exact) mass is 546 g/mol. The molecule has 0 unspecified atom stereocenters. The molecule has 3 rings (SSSR count). The Morgan fingerprint density at radius 2 is 1.19 bits per heavy atom. The predicted molar refractivity (Wildman–Crippen MR) is 113 cm³/mol. The molecule has 31 heavy (non-hydrogen) atoms. The number of nitriles is 2. The summed E-state index contributed by atoms with van der Waals surface area (Å²) in [6, 6.07) is 3.02. The molecule has 0 amide bonds. The molecule has 0 atom stereocenters. The van der Waals surface area contributed by atoms with E-state index in [0.29, 0.717) is 0 Å². The van der Waals surface area contributed by atoms with Crippen molar-refractivity contribution in [2.45, 2.75) is 27.4 Å². The zero-order chi connectivity index (χ0) is 23.7. The van der Waals surface area contributed by atoms with Crippen LogP contribution in [0.2, 0.25) is 20.5 Å². The highest BCUT2D eigenvalue weighted by molar-refractivity contribution is 14.1. The van der Waals surface area contributed by atoms with Crippen molar-refractivity contribution in [1.82, 2.24) is 9.97 Å². The molecule has 1 saturated heterocycles. The van der Waals surface area contributed by atoms with E-state index in [1.807, 2.05) is 20.5 Å². The van der Waals surface area contributed by atoms with Gasteiger partial charge in [0.1, 0.15) is 18.0 Å². The molecule has 0 aromatic carbocycles. The summed E-state index contributed by atoms with van der Waals surface area (Å²) in [7, 11) is -0.406. The van der Waals surface area contributed by atoms with E-state index in [2.05, 4.69) is 9.97 Å². The normalized spacial score (nSPS) is 12.7. The molecular formula is C16H14B3F4IN4O3. The molecule has 0 spiro atoms. The summed E-state index contributed by atoms with van der Waals surface area (Å²) in [4.78, 5) is 6.49. The zero-order valence-electron chi connectivity index (χ0n) is 16.8. The van der Waals surface area contributed by atoms with E-state index in [4.69, 9.17) is 24.2 Å². The maximum absolute atomic E-state index is 12.7. The fourth-order valence-electron chi connectivity index (χ4n) is 2.06. The lowest BCUT2D eigenvalue weighted by Crippen LogP contribution is -2.44. The Morgan fingerprint density at radius 1 is 0.806 bits per heavy atom. The molecule has 2 aromatic rings. The third kappa shape index (κ3) is 8.10. The van der Waals surface area contributed by atoms with Gasteiger partial charge in [-0.15, -0.1) is 0 Å². The summed E-state index contributed by atoms with van der Waals surface area (Å²) < 4.78 is 65.6. The second-order valence-corrected chi connectivity index (χ2v) is 6.89. The lowest BCUT2D eigenvalue weighted by molar-refractivity contribution is 0.294. The van der Waals surface area contributed by atoms with Gasteiger partial charge in [0, 0.05) is 5.56 Å². The highest BCUT2D eigenvalue weighted by Crippen LogP contribution is 2.15. The van der Waals surface area contributed by atoms with Crippen LogP contribution < -0.4 is 0 Å². The Kier molecular flexibility index (Phi) is 10.9. The first-order valence-electron chi connectivity index (χ1n) is 8.58. The van der Waals surface area contributed by atoms with Gasteiger partial charge < -0.3 is 13.7 Å². The Balaban J connectivity index is 0.000000234. The van der Waals surface area contributed by atoms with Crippen LogP contribution in [0.1, 0.15) is 17.0 Å². The van der Waals surface area contributed by atoms with Gasteiger partial charge in [-0.2, -0.15) is 10.5 Å². The first-order valence-corrected chi connectivity index (χ1v) is 9.66. The molecule has 160 valence electrons. The van der Waals surface area contributed by atoms with Crippen LogP contribution >= 0.6 is 22.6 Å². The van der Waals surface area contributed by atoms with E-state index in [-0.39, 0.29) is 41.9 Å². The summed E-state index contributed by atoms with van der Waals surface area (Å²) in [5.41, 5.74) is -0.920. The Labute approximate surface area is 191 Å². The van der Waals surface area contributed by atoms with E-state index < -0.39 is 23.3 Å². The van der Waals surface area contributed by atoms with E-state index in [1.54, 1.807) is 0 Å². The molecule has 1 fully saturated rings. The lowest BCUT2D eigenvalue weighted by Gasteiger charge is -2.25. The van der Waals surface area contributed by atoms with Crippen molar-refractivity contribution in [3.05, 3.63) is 56.2 Å². The van der Waals surface area contributed by atoms with Gasteiger partial charge in [-0.25, -0.2) is 27.5 Å². The molecule has 0 bridgehead atoms. The first-order chi connectivity index (χ1) is 14.5. The van der Waals surface area contributed by atoms with E-state index in [9.17, 15) is 17.6 Å². The third-order valence-electron chi connectivity index (χ3n) is 3.48. The Morgan fingerprint density at radius 3 is 1.61 bits per heavy atom. The lowest BCUT2D eigenvalue weighted by atomic mass is 9.74. The molecule has 15 heteroatoms. The highest BCUT2D eigenvalue weighted by Gasteiger charge is 2.31. The molecule has 0 saturated carbocycles. The number of halogens is 5. The van der Waals surface area contributed by atoms with E-state index in [0.717, 1.165) is 12.4 Å². The van der Waals surface area contributed by atoms with Crippen molar-refractivity contribution < 1.29 is 31.3 Å². The van der Waals surface area contributed by atoms with Gasteiger partial charge in [-0.1, -0.05) is 0 Å². The van der Waals surface area contributed by atoms with Crippen molar-refractivity contribution in [3.8, 4) is 12.1 Å². The smallest absolute Gasteiger partial charge is 0.426 e. The van der Waals surface area contributed by atoms with Crippen molar-refractivity contribution in [2.75, 3.05) is 0 Å². The average Bonchev–Trinajstić information content (AvgIpc) is 2.71. The van der Waals surface area contributed by atoms with Crippen LogP contribution in [0.5, 0.6) is 0 Å². The summed E-state index contributed by atoms with van der Waals surface area (Å²) in [6.45, 7) is 6.83. The molecule has 1 aliphatic rings. The van der Waals surface area contributed by atoms with Gasteiger partial charge in [0.2, 0.25) is 0 Å². The standard InChI is InChI=1S/C7H4F2N2.C6HF2IN2.C3H9B3O3/c1-4-5(8)3-11-6(2-10)7(4)9;7-3-2-11-4(1-10)5(8)6(3)9;1-4-7-5(2)9-6(3)8-4/h3H,1H3;2H;1-3H3. The number of hydrogen-bond donors (Lipinski definition) is 0. The van der Waals surface area contributed by atoms with Crippen molar-refractivity contribution in [1.29, 1.82) is 10.5 Å². The maximum atomic E-state index is 12.7. The molecule has 3 heterocycles. The summed E-state index contributed by atoms with van der Waals surface area (Å²) in [5.74, 6) is -3.26. The quantitative estimate of drug-likeness (QED) is 0.282. The number of nitrogens with zero attached hydrogens (tertiary/aromatic N) is 4. The topological polar surface area (TPSA) is 101 Å². The molecule has 0 N–H and O–H groups in total. The van der Waals surface area contributed by atoms with Gasteiger partial charge in [0.25, 0.3) is 0 Å². The van der Waals surface area contributed by atoms with Crippen LogP contribution in [0.3, 0.4) is 0 Å². The largest absolute Gasteiger partial charge is 0.453 e. The molecule has 2 aromatic heterocycles. The number of rotatable bonds is 0. The number of hydrogen-bond acceptors (Lipinski definition) is 7. The Bertz CT molecular complexity index is 917. The molecule has 0 aliphatic carbocycles. The van der Waals surface area contributed by atoms with E-state index >= 15 is 0 Å². The Hall–Kier alpha value is -2.20. The predicted octanol–water partition coefficient (Wildman–Crippen LogP) is 3.78. The second kappa shape index (κ2) is 12.6.